The summed E-state index contributed by atoms with van der Waals surface area (Å²) >= 11 is 0. The lowest BCUT2D eigenvalue weighted by molar-refractivity contribution is 0.332. The van der Waals surface area contributed by atoms with Crippen molar-refractivity contribution in [2.75, 3.05) is 0 Å². The van der Waals surface area contributed by atoms with Gasteiger partial charge in [0.05, 0.1) is 6.20 Å². The number of hydrogen-bond donors (Lipinski definition) is 1. The van der Waals surface area contributed by atoms with Crippen LogP contribution in [-0.4, -0.2) is 16.0 Å². The molecule has 2 rings (SSSR count). The van der Waals surface area contributed by atoms with Crippen molar-refractivity contribution >= 4 is 0 Å². The van der Waals surface area contributed by atoms with Crippen LogP contribution in [0.5, 0.6) is 0 Å². The molecule has 3 nitrogen and oxygen atoms in total. The number of halogens is 1. The highest BCUT2D eigenvalue weighted by Crippen LogP contribution is 2.55. The van der Waals surface area contributed by atoms with E-state index in [4.69, 9.17) is 5.73 Å². The number of nitrogens with two attached hydrogens (primary N) is 1. The van der Waals surface area contributed by atoms with Crippen molar-refractivity contribution in [1.82, 2.24) is 9.78 Å². The average Bonchev–Trinajstić information content (AvgIpc) is 2.51. The lowest BCUT2D eigenvalue weighted by atomic mass is 9.95. The van der Waals surface area contributed by atoms with Gasteiger partial charge in [0.25, 0.3) is 0 Å². The van der Waals surface area contributed by atoms with Gasteiger partial charge in [-0.1, -0.05) is 6.92 Å². The maximum Gasteiger partial charge on any atom is 0.108 e. The molecule has 1 aromatic rings. The van der Waals surface area contributed by atoms with Crippen molar-refractivity contribution in [2.45, 2.75) is 25.6 Å². The minimum atomic E-state index is -0.747. The molecule has 1 aliphatic rings. The second kappa shape index (κ2) is 2.54. The van der Waals surface area contributed by atoms with Gasteiger partial charge in [-0.15, -0.1) is 0 Å². The molecule has 1 saturated carbocycles. The van der Waals surface area contributed by atoms with Gasteiger partial charge in [0.1, 0.15) is 6.17 Å². The molecule has 13 heavy (non-hydrogen) atoms. The molecule has 3 atom stereocenters. The van der Waals surface area contributed by atoms with E-state index >= 15 is 0 Å². The summed E-state index contributed by atoms with van der Waals surface area (Å²) < 4.78 is 14.7. The maximum absolute atomic E-state index is 13.0. The zero-order valence-electron chi connectivity index (χ0n) is 7.87. The normalized spacial score (nSPS) is 34.6. The molecule has 2 N–H and O–H groups in total. The quantitative estimate of drug-likeness (QED) is 0.748. The van der Waals surface area contributed by atoms with Gasteiger partial charge >= 0.3 is 0 Å². The molecule has 1 heterocycles. The summed E-state index contributed by atoms with van der Waals surface area (Å²) in [5.41, 5.74) is 6.51. The number of aromatic nitrogens is 2. The van der Waals surface area contributed by atoms with Gasteiger partial charge in [-0.3, -0.25) is 4.68 Å². The van der Waals surface area contributed by atoms with Gasteiger partial charge in [-0.25, -0.2) is 4.39 Å². The Bertz CT molecular complexity index is 322. The van der Waals surface area contributed by atoms with Crippen molar-refractivity contribution < 1.29 is 4.39 Å². The summed E-state index contributed by atoms with van der Waals surface area (Å²) in [6, 6.07) is -0.226. The minimum absolute atomic E-state index is 0.226. The zero-order chi connectivity index (χ0) is 9.64. The van der Waals surface area contributed by atoms with Crippen LogP contribution in [0.1, 0.15) is 24.9 Å². The van der Waals surface area contributed by atoms with E-state index in [-0.39, 0.29) is 11.5 Å². The van der Waals surface area contributed by atoms with Crippen LogP contribution >= 0.6 is 0 Å². The summed E-state index contributed by atoms with van der Waals surface area (Å²) in [7, 11) is 1.83. The molecule has 1 fully saturated rings. The van der Waals surface area contributed by atoms with E-state index in [1.165, 1.54) is 0 Å². The highest BCUT2D eigenvalue weighted by molar-refractivity contribution is 5.20. The van der Waals surface area contributed by atoms with E-state index in [9.17, 15) is 4.39 Å². The SMILES string of the molecule is Cn1cc(C(N)C2(C)CC2F)cn1. The lowest BCUT2D eigenvalue weighted by Gasteiger charge is -2.16. The molecule has 0 aromatic carbocycles. The fourth-order valence-electron chi connectivity index (χ4n) is 1.63. The van der Waals surface area contributed by atoms with Crippen LogP contribution in [0.4, 0.5) is 4.39 Å². The van der Waals surface area contributed by atoms with Gasteiger partial charge in [-0.05, 0) is 6.42 Å². The molecule has 0 bridgehead atoms. The van der Waals surface area contributed by atoms with Crippen LogP contribution in [0.2, 0.25) is 0 Å². The standard InChI is InChI=1S/C9H14FN3/c1-9(3-7(9)10)8(11)6-4-12-13(2)5-6/h4-5,7-8H,3,11H2,1-2H3. The first-order chi connectivity index (χ1) is 6.04. The number of nitrogens with zero attached hydrogens (tertiary/aromatic N) is 2. The van der Waals surface area contributed by atoms with E-state index in [1.807, 2.05) is 20.2 Å². The van der Waals surface area contributed by atoms with Crippen LogP contribution < -0.4 is 5.73 Å². The summed E-state index contributed by atoms with van der Waals surface area (Å²) in [6.45, 7) is 1.88. The fraction of sp³-hybridized carbons (Fsp3) is 0.667. The first-order valence-electron chi connectivity index (χ1n) is 4.42. The van der Waals surface area contributed by atoms with E-state index in [0.29, 0.717) is 6.42 Å². The molecule has 0 spiro atoms. The van der Waals surface area contributed by atoms with Crippen LogP contribution in [0.3, 0.4) is 0 Å². The highest BCUT2D eigenvalue weighted by Gasteiger charge is 2.55. The number of rotatable bonds is 2. The third-order valence-corrected chi connectivity index (χ3v) is 2.97. The Kier molecular flexibility index (Phi) is 1.70. The van der Waals surface area contributed by atoms with Crippen molar-refractivity contribution in [3.05, 3.63) is 18.0 Å². The van der Waals surface area contributed by atoms with Gasteiger partial charge in [0, 0.05) is 30.3 Å². The highest BCUT2D eigenvalue weighted by atomic mass is 19.1. The van der Waals surface area contributed by atoms with E-state index < -0.39 is 6.17 Å². The Morgan fingerprint density at radius 3 is 2.85 bits per heavy atom. The largest absolute Gasteiger partial charge is 0.323 e. The molecule has 72 valence electrons. The van der Waals surface area contributed by atoms with E-state index in [1.54, 1.807) is 10.9 Å². The average molecular weight is 183 g/mol. The Hall–Kier alpha value is -0.900. The number of alkyl halides is 1. The summed E-state index contributed by atoms with van der Waals surface area (Å²) in [4.78, 5) is 0. The van der Waals surface area contributed by atoms with Crippen molar-refractivity contribution in [1.29, 1.82) is 0 Å². The third-order valence-electron chi connectivity index (χ3n) is 2.97. The molecule has 1 aromatic heterocycles. The first-order valence-corrected chi connectivity index (χ1v) is 4.42. The Balaban J connectivity index is 2.18. The van der Waals surface area contributed by atoms with Gasteiger partial charge in [0.15, 0.2) is 0 Å². The van der Waals surface area contributed by atoms with Gasteiger partial charge < -0.3 is 5.73 Å². The van der Waals surface area contributed by atoms with E-state index in [0.717, 1.165) is 5.56 Å². The Morgan fingerprint density at radius 1 is 1.85 bits per heavy atom. The second-order valence-corrected chi connectivity index (χ2v) is 4.10. The summed E-state index contributed by atoms with van der Waals surface area (Å²) in [5.74, 6) is 0. The molecule has 0 aliphatic heterocycles. The molecule has 0 saturated heterocycles. The second-order valence-electron chi connectivity index (χ2n) is 4.10. The minimum Gasteiger partial charge on any atom is -0.323 e. The maximum atomic E-state index is 13.0. The van der Waals surface area contributed by atoms with E-state index in [2.05, 4.69) is 5.10 Å². The van der Waals surface area contributed by atoms with Gasteiger partial charge in [0.2, 0.25) is 0 Å². The summed E-state index contributed by atoms with van der Waals surface area (Å²) in [6.07, 6.45) is 3.38. The van der Waals surface area contributed by atoms with Crippen LogP contribution in [0, 0.1) is 5.41 Å². The Morgan fingerprint density at radius 2 is 2.46 bits per heavy atom. The predicted octanol–water partition coefficient (Wildman–Crippen LogP) is 1.17. The predicted molar refractivity (Wildman–Crippen MR) is 47.8 cm³/mol. The molecule has 0 amide bonds. The molecule has 4 heteroatoms. The molecule has 1 aliphatic carbocycles. The van der Waals surface area contributed by atoms with Crippen LogP contribution in [-0.2, 0) is 7.05 Å². The Labute approximate surface area is 76.7 Å². The monoisotopic (exact) mass is 183 g/mol. The smallest absolute Gasteiger partial charge is 0.108 e. The van der Waals surface area contributed by atoms with Gasteiger partial charge in [-0.2, -0.15) is 5.10 Å². The molecular weight excluding hydrogens is 169 g/mol. The number of aryl methyl sites for hydroxylation is 1. The van der Waals surface area contributed by atoms with Crippen molar-refractivity contribution in [2.24, 2.45) is 18.2 Å². The lowest BCUT2D eigenvalue weighted by Crippen LogP contribution is -2.21. The zero-order valence-corrected chi connectivity index (χ0v) is 7.87. The first kappa shape index (κ1) is 8.69. The topological polar surface area (TPSA) is 43.8 Å². The van der Waals surface area contributed by atoms with Crippen LogP contribution in [0.15, 0.2) is 12.4 Å². The molecule has 0 radical (unpaired) electrons. The number of hydrogen-bond acceptors (Lipinski definition) is 2. The third kappa shape index (κ3) is 1.25. The van der Waals surface area contributed by atoms with Crippen molar-refractivity contribution in [3.8, 4) is 0 Å². The van der Waals surface area contributed by atoms with Crippen LogP contribution in [0.25, 0.3) is 0 Å². The molecule has 3 unspecified atom stereocenters. The fourth-order valence-corrected chi connectivity index (χ4v) is 1.63. The molecular formula is C9H14FN3. The van der Waals surface area contributed by atoms with Crippen molar-refractivity contribution in [3.63, 3.8) is 0 Å². The summed E-state index contributed by atoms with van der Waals surface area (Å²) in [5, 5.41) is 4.02.